The third kappa shape index (κ3) is 2.46. The Kier molecular flexibility index (Phi) is 3.26. The summed E-state index contributed by atoms with van der Waals surface area (Å²) in [6.45, 7) is 7.44. The minimum atomic E-state index is 0.0627. The van der Waals surface area contributed by atoms with Crippen molar-refractivity contribution in [1.29, 1.82) is 5.41 Å². The van der Waals surface area contributed by atoms with Crippen LogP contribution in [0.15, 0.2) is 18.3 Å². The molecule has 98 valence electrons. The summed E-state index contributed by atoms with van der Waals surface area (Å²) < 4.78 is 0. The molecule has 0 atom stereocenters. The van der Waals surface area contributed by atoms with Gasteiger partial charge in [0.05, 0.1) is 0 Å². The van der Waals surface area contributed by atoms with Crippen LogP contribution >= 0.6 is 0 Å². The van der Waals surface area contributed by atoms with Crippen LogP contribution in [-0.4, -0.2) is 47.9 Å². The molecule has 0 unspecified atom stereocenters. The number of hydrogen-bond acceptors (Lipinski definition) is 4. The van der Waals surface area contributed by atoms with Crippen LogP contribution in [-0.2, 0) is 0 Å². The lowest BCUT2D eigenvalue weighted by molar-refractivity contribution is 0.138. The predicted octanol–water partition coefficient (Wildman–Crippen LogP) is 0.896. The number of pyridine rings is 1. The normalized spacial score (nSPS) is 19.8. The summed E-state index contributed by atoms with van der Waals surface area (Å²) >= 11 is 0. The number of anilines is 1. The van der Waals surface area contributed by atoms with Crippen molar-refractivity contribution in [2.75, 3.05) is 31.6 Å². The molecule has 2 heterocycles. The van der Waals surface area contributed by atoms with Crippen molar-refractivity contribution in [1.82, 2.24) is 9.88 Å². The highest BCUT2D eigenvalue weighted by Crippen LogP contribution is 2.22. The number of nitrogens with two attached hydrogens (primary N) is 1. The number of amidine groups is 1. The van der Waals surface area contributed by atoms with Gasteiger partial charge in [0.2, 0.25) is 0 Å². The van der Waals surface area contributed by atoms with Crippen LogP contribution in [0.5, 0.6) is 0 Å². The first kappa shape index (κ1) is 12.8. The Morgan fingerprint density at radius 2 is 2.11 bits per heavy atom. The Balaban J connectivity index is 2.15. The summed E-state index contributed by atoms with van der Waals surface area (Å²) in [6, 6.07) is 3.80. The molecular weight excluding hydrogens is 226 g/mol. The van der Waals surface area contributed by atoms with E-state index in [0.29, 0.717) is 5.56 Å². The van der Waals surface area contributed by atoms with Crippen molar-refractivity contribution in [3.63, 3.8) is 0 Å². The van der Waals surface area contributed by atoms with Crippen molar-refractivity contribution in [2.45, 2.75) is 19.4 Å². The Hall–Kier alpha value is -1.62. The number of nitrogens with zero attached hydrogens (tertiary/aromatic N) is 3. The Morgan fingerprint density at radius 1 is 1.39 bits per heavy atom. The Labute approximate surface area is 108 Å². The van der Waals surface area contributed by atoms with Gasteiger partial charge in [0.15, 0.2) is 0 Å². The molecule has 1 aromatic rings. The molecular formula is C13H21N5. The lowest BCUT2D eigenvalue weighted by Gasteiger charge is -2.45. The standard InChI is InChI=1S/C13H21N5/c1-13(2)9-18(7-6-17(13)3)11-5-4-10(8-16-11)12(14)15/h4-5,8H,6-7,9H2,1-3H3,(H3,14,15). The zero-order valence-corrected chi connectivity index (χ0v) is 11.3. The number of piperazine rings is 1. The molecule has 0 saturated carbocycles. The molecule has 1 aromatic heterocycles. The number of nitrogen functional groups attached to an aromatic ring is 1. The zero-order chi connectivity index (χ0) is 13.3. The molecule has 0 bridgehead atoms. The summed E-state index contributed by atoms with van der Waals surface area (Å²) in [6.07, 6.45) is 1.67. The smallest absolute Gasteiger partial charge is 0.128 e. The van der Waals surface area contributed by atoms with E-state index in [9.17, 15) is 0 Å². The van der Waals surface area contributed by atoms with Gasteiger partial charge in [-0.3, -0.25) is 10.3 Å². The molecule has 1 aliphatic rings. The third-order valence-electron chi connectivity index (χ3n) is 3.70. The minimum Gasteiger partial charge on any atom is -0.384 e. The van der Waals surface area contributed by atoms with Gasteiger partial charge in [0.25, 0.3) is 0 Å². The van der Waals surface area contributed by atoms with Gasteiger partial charge in [-0.1, -0.05) is 0 Å². The van der Waals surface area contributed by atoms with E-state index in [2.05, 4.69) is 35.7 Å². The predicted molar refractivity (Wildman–Crippen MR) is 74.2 cm³/mol. The highest BCUT2D eigenvalue weighted by atomic mass is 15.3. The highest BCUT2D eigenvalue weighted by Gasteiger charge is 2.31. The van der Waals surface area contributed by atoms with Crippen LogP contribution in [0, 0.1) is 5.41 Å². The second kappa shape index (κ2) is 4.57. The monoisotopic (exact) mass is 247 g/mol. The second-order valence-electron chi connectivity index (χ2n) is 5.47. The number of hydrogen-bond donors (Lipinski definition) is 2. The quantitative estimate of drug-likeness (QED) is 0.601. The summed E-state index contributed by atoms with van der Waals surface area (Å²) in [7, 11) is 2.16. The van der Waals surface area contributed by atoms with Crippen molar-refractivity contribution in [3.8, 4) is 0 Å². The van der Waals surface area contributed by atoms with E-state index in [-0.39, 0.29) is 11.4 Å². The molecule has 2 rings (SSSR count). The minimum absolute atomic E-state index is 0.0627. The lowest BCUT2D eigenvalue weighted by Crippen LogP contribution is -2.57. The van der Waals surface area contributed by atoms with Crippen LogP contribution in [0.4, 0.5) is 5.82 Å². The van der Waals surface area contributed by atoms with Gasteiger partial charge in [-0.2, -0.15) is 0 Å². The molecule has 1 fully saturated rings. The molecule has 1 saturated heterocycles. The van der Waals surface area contributed by atoms with Crippen LogP contribution in [0.2, 0.25) is 0 Å². The van der Waals surface area contributed by atoms with Crippen LogP contribution in [0.3, 0.4) is 0 Å². The van der Waals surface area contributed by atoms with Gasteiger partial charge in [-0.05, 0) is 33.0 Å². The van der Waals surface area contributed by atoms with Gasteiger partial charge in [-0.25, -0.2) is 4.98 Å². The summed E-state index contributed by atoms with van der Waals surface area (Å²) in [4.78, 5) is 9.05. The molecule has 18 heavy (non-hydrogen) atoms. The molecule has 0 aliphatic carbocycles. The first-order chi connectivity index (χ1) is 8.40. The summed E-state index contributed by atoms with van der Waals surface area (Å²) in [5, 5.41) is 7.36. The number of rotatable bonds is 2. The maximum absolute atomic E-state index is 7.36. The largest absolute Gasteiger partial charge is 0.384 e. The second-order valence-corrected chi connectivity index (χ2v) is 5.47. The molecule has 5 nitrogen and oxygen atoms in total. The Bertz CT molecular complexity index is 437. The average molecular weight is 247 g/mol. The van der Waals surface area contributed by atoms with Crippen LogP contribution < -0.4 is 10.6 Å². The SMILES string of the molecule is CN1CCN(c2ccc(C(=N)N)cn2)CC1(C)C. The molecule has 0 radical (unpaired) electrons. The van der Waals surface area contributed by atoms with E-state index in [1.807, 2.05) is 12.1 Å². The van der Waals surface area contributed by atoms with E-state index in [1.165, 1.54) is 0 Å². The van der Waals surface area contributed by atoms with Crippen molar-refractivity contribution in [3.05, 3.63) is 23.9 Å². The van der Waals surface area contributed by atoms with Crippen molar-refractivity contribution < 1.29 is 0 Å². The topological polar surface area (TPSA) is 69.2 Å². The first-order valence-electron chi connectivity index (χ1n) is 6.17. The molecule has 0 amide bonds. The van der Waals surface area contributed by atoms with Gasteiger partial charge < -0.3 is 10.6 Å². The Morgan fingerprint density at radius 3 is 2.61 bits per heavy atom. The summed E-state index contributed by atoms with van der Waals surface area (Å²) in [5.41, 5.74) is 6.25. The fourth-order valence-corrected chi connectivity index (χ4v) is 2.17. The number of nitrogens with one attached hydrogen (secondary N) is 1. The molecule has 5 heteroatoms. The van der Waals surface area contributed by atoms with Gasteiger partial charge >= 0.3 is 0 Å². The lowest BCUT2D eigenvalue weighted by atomic mass is 10.00. The van der Waals surface area contributed by atoms with Gasteiger partial charge in [0, 0.05) is 36.9 Å². The molecule has 1 aliphatic heterocycles. The van der Waals surface area contributed by atoms with E-state index < -0.39 is 0 Å². The van der Waals surface area contributed by atoms with E-state index >= 15 is 0 Å². The third-order valence-corrected chi connectivity index (χ3v) is 3.70. The zero-order valence-electron chi connectivity index (χ0n) is 11.3. The molecule has 3 N–H and O–H groups in total. The van der Waals surface area contributed by atoms with Crippen LogP contribution in [0.1, 0.15) is 19.4 Å². The average Bonchev–Trinajstić information content (AvgIpc) is 2.33. The maximum atomic E-state index is 7.36. The fraction of sp³-hybridized carbons (Fsp3) is 0.538. The molecule has 0 spiro atoms. The van der Waals surface area contributed by atoms with E-state index in [0.717, 1.165) is 25.5 Å². The highest BCUT2D eigenvalue weighted by molar-refractivity contribution is 5.94. The summed E-state index contributed by atoms with van der Waals surface area (Å²) in [5.74, 6) is 1.02. The molecule has 0 aromatic carbocycles. The number of aromatic nitrogens is 1. The fourth-order valence-electron chi connectivity index (χ4n) is 2.17. The van der Waals surface area contributed by atoms with Crippen LogP contribution in [0.25, 0.3) is 0 Å². The van der Waals surface area contributed by atoms with Crippen molar-refractivity contribution in [2.24, 2.45) is 5.73 Å². The van der Waals surface area contributed by atoms with E-state index in [1.54, 1.807) is 6.20 Å². The number of likely N-dealkylation sites (N-methyl/N-ethyl adjacent to an activating group) is 1. The van der Waals surface area contributed by atoms with Crippen molar-refractivity contribution >= 4 is 11.7 Å². The maximum Gasteiger partial charge on any atom is 0.128 e. The first-order valence-corrected chi connectivity index (χ1v) is 6.17. The van der Waals surface area contributed by atoms with Gasteiger partial charge in [-0.15, -0.1) is 0 Å². The van der Waals surface area contributed by atoms with E-state index in [4.69, 9.17) is 11.1 Å². The van der Waals surface area contributed by atoms with Gasteiger partial charge in [0.1, 0.15) is 11.7 Å².